The fraction of sp³-hybridized carbons (Fsp3) is 0.909. The Morgan fingerprint density at radius 3 is 2.86 bits per heavy atom. The highest BCUT2D eigenvalue weighted by Crippen LogP contribution is 2.18. The summed E-state index contributed by atoms with van der Waals surface area (Å²) < 4.78 is 0. The van der Waals surface area contributed by atoms with Crippen LogP contribution in [0.25, 0.3) is 0 Å². The van der Waals surface area contributed by atoms with Gasteiger partial charge in [-0.1, -0.05) is 38.4 Å². The second-order valence-electron chi connectivity index (χ2n) is 4.16. The predicted octanol–water partition coefficient (Wildman–Crippen LogP) is 2.32. The molecule has 0 saturated carbocycles. The fourth-order valence-electron chi connectivity index (χ4n) is 2.16. The molecule has 82 valence electrons. The van der Waals surface area contributed by atoms with Gasteiger partial charge in [-0.05, 0) is 32.4 Å². The second kappa shape index (κ2) is 6.36. The molecular formula is C11H22N2S. The number of rotatable bonds is 6. The Kier molecular flexibility index (Phi) is 5.41. The minimum atomic E-state index is 0.395. The molecule has 2 N–H and O–H groups in total. The molecule has 3 heteroatoms. The van der Waals surface area contributed by atoms with Crippen molar-refractivity contribution < 1.29 is 0 Å². The van der Waals surface area contributed by atoms with Gasteiger partial charge in [-0.3, -0.25) is 4.90 Å². The van der Waals surface area contributed by atoms with Crippen LogP contribution in [0.3, 0.4) is 0 Å². The zero-order valence-corrected chi connectivity index (χ0v) is 9.98. The lowest BCUT2D eigenvalue weighted by atomic mass is 10.2. The van der Waals surface area contributed by atoms with E-state index < -0.39 is 0 Å². The van der Waals surface area contributed by atoms with E-state index in [1.807, 2.05) is 0 Å². The molecule has 1 aliphatic rings. The maximum absolute atomic E-state index is 5.71. The summed E-state index contributed by atoms with van der Waals surface area (Å²) in [6.45, 7) is 4.61. The van der Waals surface area contributed by atoms with Crippen LogP contribution in [0, 0.1) is 0 Å². The fourth-order valence-corrected chi connectivity index (χ4v) is 2.42. The highest BCUT2D eigenvalue weighted by molar-refractivity contribution is 7.80. The Hall–Kier alpha value is -0.150. The third kappa shape index (κ3) is 3.54. The molecule has 2 nitrogen and oxygen atoms in total. The van der Waals surface area contributed by atoms with Gasteiger partial charge in [-0.25, -0.2) is 0 Å². The first-order valence-corrected chi connectivity index (χ1v) is 6.20. The van der Waals surface area contributed by atoms with E-state index in [4.69, 9.17) is 18.0 Å². The summed E-state index contributed by atoms with van der Waals surface area (Å²) in [5.74, 6) is 0. The van der Waals surface area contributed by atoms with Gasteiger partial charge in [0.25, 0.3) is 0 Å². The molecule has 0 amide bonds. The molecule has 1 fully saturated rings. The lowest BCUT2D eigenvalue weighted by Crippen LogP contribution is -2.39. The molecular weight excluding hydrogens is 192 g/mol. The summed E-state index contributed by atoms with van der Waals surface area (Å²) in [7, 11) is 0. The van der Waals surface area contributed by atoms with Crippen molar-refractivity contribution in [3.8, 4) is 0 Å². The van der Waals surface area contributed by atoms with E-state index in [2.05, 4.69) is 11.8 Å². The molecule has 1 unspecified atom stereocenters. The van der Waals surface area contributed by atoms with Crippen LogP contribution in [0.4, 0.5) is 0 Å². The number of likely N-dealkylation sites (tertiary alicyclic amines) is 1. The Bertz CT molecular complexity index is 182. The SMILES string of the molecule is CCCCCCN1CCCC1C(N)=S. The maximum Gasteiger partial charge on any atom is 0.0902 e. The van der Waals surface area contributed by atoms with Crippen molar-refractivity contribution in [3.05, 3.63) is 0 Å². The van der Waals surface area contributed by atoms with Crippen LogP contribution >= 0.6 is 12.2 Å². The van der Waals surface area contributed by atoms with Crippen molar-refractivity contribution >= 4 is 17.2 Å². The lowest BCUT2D eigenvalue weighted by molar-refractivity contribution is 0.295. The molecule has 0 aromatic carbocycles. The topological polar surface area (TPSA) is 29.3 Å². The summed E-state index contributed by atoms with van der Waals surface area (Å²) in [5, 5.41) is 0. The lowest BCUT2D eigenvalue weighted by Gasteiger charge is -2.23. The zero-order chi connectivity index (χ0) is 10.4. The highest BCUT2D eigenvalue weighted by atomic mass is 32.1. The third-order valence-corrected chi connectivity index (χ3v) is 3.26. The first kappa shape index (κ1) is 11.9. The minimum absolute atomic E-state index is 0.395. The van der Waals surface area contributed by atoms with Crippen LogP contribution in [0.5, 0.6) is 0 Å². The van der Waals surface area contributed by atoms with E-state index in [0.29, 0.717) is 11.0 Å². The van der Waals surface area contributed by atoms with Crippen molar-refractivity contribution in [2.75, 3.05) is 13.1 Å². The van der Waals surface area contributed by atoms with Crippen molar-refractivity contribution in [2.45, 2.75) is 51.5 Å². The first-order valence-electron chi connectivity index (χ1n) is 5.79. The summed E-state index contributed by atoms with van der Waals surface area (Å²) >= 11 is 5.07. The van der Waals surface area contributed by atoms with Gasteiger partial charge in [0.15, 0.2) is 0 Å². The van der Waals surface area contributed by atoms with Gasteiger partial charge in [0.2, 0.25) is 0 Å². The van der Waals surface area contributed by atoms with Crippen molar-refractivity contribution in [1.82, 2.24) is 4.90 Å². The molecule has 0 spiro atoms. The molecule has 0 aromatic rings. The molecule has 1 aliphatic heterocycles. The third-order valence-electron chi connectivity index (χ3n) is 2.99. The summed E-state index contributed by atoms with van der Waals surface area (Å²) in [5.41, 5.74) is 5.71. The minimum Gasteiger partial charge on any atom is -0.392 e. The van der Waals surface area contributed by atoms with Gasteiger partial charge in [0.05, 0.1) is 11.0 Å². The van der Waals surface area contributed by atoms with E-state index in [0.717, 1.165) is 0 Å². The van der Waals surface area contributed by atoms with Crippen molar-refractivity contribution in [3.63, 3.8) is 0 Å². The molecule has 0 radical (unpaired) electrons. The average Bonchev–Trinajstić information content (AvgIpc) is 2.60. The number of nitrogens with two attached hydrogens (primary N) is 1. The molecule has 1 heterocycles. The Labute approximate surface area is 92.8 Å². The molecule has 1 rings (SSSR count). The standard InChI is InChI=1S/C11H22N2S/c1-2-3-4-5-8-13-9-6-7-10(13)11(12)14/h10H,2-9H2,1H3,(H2,12,14). The quantitative estimate of drug-likeness (QED) is 0.543. The maximum atomic E-state index is 5.71. The van der Waals surface area contributed by atoms with Gasteiger partial charge in [-0.2, -0.15) is 0 Å². The van der Waals surface area contributed by atoms with Crippen LogP contribution < -0.4 is 5.73 Å². The van der Waals surface area contributed by atoms with Crippen LogP contribution in [-0.4, -0.2) is 29.0 Å². The second-order valence-corrected chi connectivity index (χ2v) is 4.63. The molecule has 1 atom stereocenters. The smallest absolute Gasteiger partial charge is 0.0902 e. The van der Waals surface area contributed by atoms with Gasteiger partial charge in [-0.15, -0.1) is 0 Å². The number of thiocarbonyl (C=S) groups is 1. The van der Waals surface area contributed by atoms with Gasteiger partial charge >= 0.3 is 0 Å². The van der Waals surface area contributed by atoms with Gasteiger partial charge in [0, 0.05) is 0 Å². The first-order chi connectivity index (χ1) is 6.75. The molecule has 0 aromatic heterocycles. The number of hydrogen-bond acceptors (Lipinski definition) is 2. The summed E-state index contributed by atoms with van der Waals surface area (Å²) in [6.07, 6.45) is 7.73. The van der Waals surface area contributed by atoms with Crippen LogP contribution in [0.15, 0.2) is 0 Å². The van der Waals surface area contributed by atoms with E-state index in [1.165, 1.54) is 51.6 Å². The van der Waals surface area contributed by atoms with E-state index in [9.17, 15) is 0 Å². The van der Waals surface area contributed by atoms with Gasteiger partial charge in [0.1, 0.15) is 0 Å². The van der Waals surface area contributed by atoms with Crippen LogP contribution in [0.1, 0.15) is 45.4 Å². The molecule has 0 aliphatic carbocycles. The van der Waals surface area contributed by atoms with Crippen molar-refractivity contribution in [2.24, 2.45) is 5.73 Å². The monoisotopic (exact) mass is 214 g/mol. The van der Waals surface area contributed by atoms with E-state index in [1.54, 1.807) is 0 Å². The number of nitrogens with zero attached hydrogens (tertiary/aromatic N) is 1. The Morgan fingerprint density at radius 2 is 2.21 bits per heavy atom. The molecule has 14 heavy (non-hydrogen) atoms. The van der Waals surface area contributed by atoms with E-state index >= 15 is 0 Å². The summed E-state index contributed by atoms with van der Waals surface area (Å²) in [6, 6.07) is 0.395. The largest absolute Gasteiger partial charge is 0.392 e. The number of unbranched alkanes of at least 4 members (excludes halogenated alkanes) is 3. The predicted molar refractivity (Wildman–Crippen MR) is 65.5 cm³/mol. The normalized spacial score (nSPS) is 22.8. The van der Waals surface area contributed by atoms with Gasteiger partial charge < -0.3 is 5.73 Å². The Morgan fingerprint density at radius 1 is 1.43 bits per heavy atom. The number of hydrogen-bond donors (Lipinski definition) is 1. The van der Waals surface area contributed by atoms with E-state index in [-0.39, 0.29) is 0 Å². The highest BCUT2D eigenvalue weighted by Gasteiger charge is 2.25. The van der Waals surface area contributed by atoms with Crippen LogP contribution in [0.2, 0.25) is 0 Å². The summed E-state index contributed by atoms with van der Waals surface area (Å²) in [4.78, 5) is 3.15. The van der Waals surface area contributed by atoms with Crippen LogP contribution in [-0.2, 0) is 0 Å². The Balaban J connectivity index is 2.19. The van der Waals surface area contributed by atoms with Crippen molar-refractivity contribution in [1.29, 1.82) is 0 Å². The average molecular weight is 214 g/mol. The molecule has 1 saturated heterocycles. The zero-order valence-electron chi connectivity index (χ0n) is 9.17. The molecule has 0 bridgehead atoms.